The summed E-state index contributed by atoms with van der Waals surface area (Å²) in [6.07, 6.45) is 7.53. The minimum absolute atomic E-state index is 0.235. The molecule has 0 radical (unpaired) electrons. The second-order valence-corrected chi connectivity index (χ2v) is 8.00. The number of fused-ring (bicyclic) bond motifs is 1. The van der Waals surface area contributed by atoms with Crippen LogP contribution in [0.2, 0.25) is 0 Å². The number of hydrogen-bond acceptors (Lipinski definition) is 3. The van der Waals surface area contributed by atoms with Gasteiger partial charge in [-0.15, -0.1) is 11.3 Å². The number of rotatable bonds is 3. The molecule has 1 fully saturated rings. The number of benzene rings is 1. The van der Waals surface area contributed by atoms with Gasteiger partial charge in [-0.1, -0.05) is 18.2 Å². The van der Waals surface area contributed by atoms with Crippen molar-refractivity contribution in [3.63, 3.8) is 0 Å². The number of nitrogens with zero attached hydrogens (tertiary/aromatic N) is 2. The fourth-order valence-electron chi connectivity index (χ4n) is 4.09. The maximum absolute atomic E-state index is 13.4. The van der Waals surface area contributed by atoms with E-state index in [2.05, 4.69) is 22.0 Å². The third-order valence-corrected chi connectivity index (χ3v) is 6.46. The zero-order chi connectivity index (χ0) is 16.1. The fraction of sp³-hybridized carbons (Fsp3) is 0.400. The van der Waals surface area contributed by atoms with Crippen molar-refractivity contribution in [2.24, 2.45) is 4.99 Å². The molecule has 1 aliphatic heterocycles. The van der Waals surface area contributed by atoms with Crippen LogP contribution in [-0.2, 0) is 0 Å². The number of aliphatic imine (C=N–C) groups is 1. The average Bonchev–Trinajstić information content (AvgIpc) is 3.17. The van der Waals surface area contributed by atoms with Crippen molar-refractivity contribution in [3.8, 4) is 0 Å². The molecular weight excluding hydrogens is 316 g/mol. The average molecular weight is 336 g/mol. The van der Waals surface area contributed by atoms with Crippen LogP contribution in [0.4, 0.5) is 0 Å². The molecular formula is C20H20N2OS. The summed E-state index contributed by atoms with van der Waals surface area (Å²) >= 11 is 1.68. The SMILES string of the molecule is O=C(c1csc2ccccc12)N(C1CC1)C1CCC2=C(C=NC2)C1. The highest BCUT2D eigenvalue weighted by atomic mass is 32.1. The highest BCUT2D eigenvalue weighted by molar-refractivity contribution is 7.17. The zero-order valence-corrected chi connectivity index (χ0v) is 14.4. The molecule has 4 heteroatoms. The topological polar surface area (TPSA) is 32.7 Å². The molecule has 1 aromatic heterocycles. The van der Waals surface area contributed by atoms with Gasteiger partial charge in [-0.25, -0.2) is 0 Å². The Morgan fingerprint density at radius 2 is 2.04 bits per heavy atom. The van der Waals surface area contributed by atoms with Crippen molar-refractivity contribution >= 4 is 33.5 Å². The van der Waals surface area contributed by atoms with Crippen LogP contribution in [0.5, 0.6) is 0 Å². The van der Waals surface area contributed by atoms with E-state index in [1.165, 1.54) is 15.8 Å². The lowest BCUT2D eigenvalue weighted by Crippen LogP contribution is -2.43. The van der Waals surface area contributed by atoms with Crippen molar-refractivity contribution in [1.29, 1.82) is 0 Å². The van der Waals surface area contributed by atoms with Gasteiger partial charge in [-0.2, -0.15) is 0 Å². The summed E-state index contributed by atoms with van der Waals surface area (Å²) in [5.74, 6) is 0.235. The summed E-state index contributed by atoms with van der Waals surface area (Å²) < 4.78 is 1.20. The summed E-state index contributed by atoms with van der Waals surface area (Å²) in [6, 6.07) is 9.04. The van der Waals surface area contributed by atoms with Crippen LogP contribution in [0.1, 0.15) is 42.5 Å². The lowest BCUT2D eigenvalue weighted by atomic mass is 9.88. The minimum atomic E-state index is 0.235. The van der Waals surface area contributed by atoms with E-state index in [0.29, 0.717) is 12.1 Å². The molecule has 2 heterocycles. The molecule has 3 nitrogen and oxygen atoms in total. The first-order valence-electron chi connectivity index (χ1n) is 8.81. The zero-order valence-electron chi connectivity index (χ0n) is 13.6. The van der Waals surface area contributed by atoms with Crippen LogP contribution in [-0.4, -0.2) is 35.7 Å². The number of thiophene rings is 1. The van der Waals surface area contributed by atoms with Crippen molar-refractivity contribution < 1.29 is 4.79 Å². The minimum Gasteiger partial charge on any atom is -0.332 e. The third-order valence-electron chi connectivity index (χ3n) is 5.50. The Labute approximate surface area is 145 Å². The standard InChI is InChI=1S/C20H20N2OS/c23-20(18-12-24-19-4-2-1-3-17(18)19)22(15-7-8-15)16-6-5-13-10-21-11-14(13)9-16/h1-4,11-12,15-16H,5-10H2. The van der Waals surface area contributed by atoms with E-state index in [0.717, 1.165) is 49.6 Å². The van der Waals surface area contributed by atoms with Crippen molar-refractivity contribution in [2.75, 3.05) is 6.54 Å². The van der Waals surface area contributed by atoms with Crippen LogP contribution in [0.3, 0.4) is 0 Å². The summed E-state index contributed by atoms with van der Waals surface area (Å²) in [5.41, 5.74) is 3.78. The van der Waals surface area contributed by atoms with E-state index in [1.807, 2.05) is 23.7 Å². The van der Waals surface area contributed by atoms with Gasteiger partial charge in [-0.05, 0) is 49.3 Å². The highest BCUT2D eigenvalue weighted by Gasteiger charge is 2.40. The molecule has 1 aromatic carbocycles. The molecule has 5 rings (SSSR count). The molecule has 0 N–H and O–H groups in total. The molecule has 0 bridgehead atoms. The largest absolute Gasteiger partial charge is 0.332 e. The molecule has 3 aliphatic rings. The summed E-state index contributed by atoms with van der Waals surface area (Å²) in [5, 5.41) is 3.16. The molecule has 24 heavy (non-hydrogen) atoms. The molecule has 1 amide bonds. The first-order valence-corrected chi connectivity index (χ1v) is 9.69. The van der Waals surface area contributed by atoms with Gasteiger partial charge in [0.05, 0.1) is 12.1 Å². The lowest BCUT2D eigenvalue weighted by Gasteiger charge is -2.35. The van der Waals surface area contributed by atoms with Crippen molar-refractivity contribution in [3.05, 3.63) is 46.4 Å². The van der Waals surface area contributed by atoms with Gasteiger partial charge in [0.2, 0.25) is 0 Å². The van der Waals surface area contributed by atoms with Crippen LogP contribution >= 0.6 is 11.3 Å². The van der Waals surface area contributed by atoms with Gasteiger partial charge in [0.15, 0.2) is 0 Å². The second kappa shape index (κ2) is 5.55. The van der Waals surface area contributed by atoms with Crippen LogP contribution < -0.4 is 0 Å². The Morgan fingerprint density at radius 3 is 2.92 bits per heavy atom. The van der Waals surface area contributed by atoms with Crippen LogP contribution in [0.25, 0.3) is 10.1 Å². The fourth-order valence-corrected chi connectivity index (χ4v) is 5.03. The van der Waals surface area contributed by atoms with Gasteiger partial charge < -0.3 is 4.90 Å². The number of carbonyl (C=O) groups excluding carboxylic acids is 1. The first kappa shape index (κ1) is 14.4. The second-order valence-electron chi connectivity index (χ2n) is 7.08. The molecule has 0 spiro atoms. The maximum atomic E-state index is 13.4. The Balaban J connectivity index is 1.48. The first-order chi connectivity index (χ1) is 11.8. The Bertz CT molecular complexity index is 875. The molecule has 1 unspecified atom stereocenters. The van der Waals surface area contributed by atoms with E-state index in [-0.39, 0.29) is 5.91 Å². The summed E-state index contributed by atoms with van der Waals surface area (Å²) in [4.78, 5) is 20.0. The molecule has 0 saturated heterocycles. The number of hydrogen-bond donors (Lipinski definition) is 0. The quantitative estimate of drug-likeness (QED) is 0.815. The van der Waals surface area contributed by atoms with E-state index in [4.69, 9.17) is 0 Å². The normalized spacial score (nSPS) is 22.9. The summed E-state index contributed by atoms with van der Waals surface area (Å²) in [6.45, 7) is 0.884. The molecule has 1 atom stereocenters. The van der Waals surface area contributed by atoms with E-state index in [1.54, 1.807) is 11.3 Å². The smallest absolute Gasteiger partial charge is 0.255 e. The maximum Gasteiger partial charge on any atom is 0.255 e. The number of carbonyl (C=O) groups is 1. The predicted octanol–water partition coefficient (Wildman–Crippen LogP) is 4.44. The predicted molar refractivity (Wildman–Crippen MR) is 99.0 cm³/mol. The van der Waals surface area contributed by atoms with Gasteiger partial charge in [0.1, 0.15) is 0 Å². The van der Waals surface area contributed by atoms with Gasteiger partial charge in [0, 0.05) is 33.8 Å². The van der Waals surface area contributed by atoms with Crippen molar-refractivity contribution in [1.82, 2.24) is 4.90 Å². The highest BCUT2D eigenvalue weighted by Crippen LogP contribution is 2.38. The van der Waals surface area contributed by atoms with E-state index >= 15 is 0 Å². The molecule has 2 aromatic rings. The Hall–Kier alpha value is -1.94. The van der Waals surface area contributed by atoms with Gasteiger partial charge in [-0.3, -0.25) is 9.79 Å². The van der Waals surface area contributed by atoms with Crippen LogP contribution in [0, 0.1) is 0 Å². The van der Waals surface area contributed by atoms with Gasteiger partial charge >= 0.3 is 0 Å². The van der Waals surface area contributed by atoms with E-state index < -0.39 is 0 Å². The number of amides is 1. The third kappa shape index (κ3) is 2.32. The Kier molecular flexibility index (Phi) is 3.33. The van der Waals surface area contributed by atoms with Crippen LogP contribution in [0.15, 0.2) is 45.8 Å². The summed E-state index contributed by atoms with van der Waals surface area (Å²) in [7, 11) is 0. The lowest BCUT2D eigenvalue weighted by molar-refractivity contribution is 0.0648. The van der Waals surface area contributed by atoms with Gasteiger partial charge in [0.25, 0.3) is 5.91 Å². The van der Waals surface area contributed by atoms with Crippen molar-refractivity contribution in [2.45, 2.75) is 44.2 Å². The van der Waals surface area contributed by atoms with E-state index in [9.17, 15) is 4.79 Å². The Morgan fingerprint density at radius 1 is 1.17 bits per heavy atom. The molecule has 2 aliphatic carbocycles. The molecule has 1 saturated carbocycles. The molecule has 122 valence electrons. The monoisotopic (exact) mass is 336 g/mol.